The monoisotopic (exact) mass is 184 g/mol. The average molecular weight is 184 g/mol. The number of anilines is 1. The van der Waals surface area contributed by atoms with E-state index in [9.17, 15) is 4.79 Å². The van der Waals surface area contributed by atoms with Gasteiger partial charge in [0.15, 0.2) is 0 Å². The van der Waals surface area contributed by atoms with Crippen molar-refractivity contribution in [2.75, 3.05) is 19.0 Å². The van der Waals surface area contributed by atoms with Gasteiger partial charge in [-0.2, -0.15) is 0 Å². The highest BCUT2D eigenvalue weighted by Gasteiger charge is 2.07. The molecule has 0 saturated heterocycles. The van der Waals surface area contributed by atoms with E-state index in [1.165, 1.54) is 0 Å². The van der Waals surface area contributed by atoms with E-state index in [1.54, 1.807) is 13.3 Å². The summed E-state index contributed by atoms with van der Waals surface area (Å²) >= 11 is 0. The molecule has 0 aromatic carbocycles. The standard InChI is InChI=1S/C8H12N2O3/c1-6-5-9-13-8(6)10-7(11)3-4-12-2/h5H,3-4H2,1-2H3,(H,10,11). The van der Waals surface area contributed by atoms with Crippen molar-refractivity contribution in [1.82, 2.24) is 5.16 Å². The summed E-state index contributed by atoms with van der Waals surface area (Å²) < 4.78 is 9.55. The Balaban J connectivity index is 2.41. The highest BCUT2D eigenvalue weighted by Crippen LogP contribution is 2.12. The molecule has 1 aromatic heterocycles. The van der Waals surface area contributed by atoms with Crippen LogP contribution in [-0.2, 0) is 9.53 Å². The predicted octanol–water partition coefficient (Wildman–Crippen LogP) is 0.958. The number of hydrogen-bond donors (Lipinski definition) is 1. The summed E-state index contributed by atoms with van der Waals surface area (Å²) in [4.78, 5) is 11.1. The zero-order valence-electron chi connectivity index (χ0n) is 7.66. The van der Waals surface area contributed by atoms with E-state index in [-0.39, 0.29) is 5.91 Å². The van der Waals surface area contributed by atoms with Crippen molar-refractivity contribution in [2.24, 2.45) is 0 Å². The molecule has 1 aromatic rings. The van der Waals surface area contributed by atoms with Crippen LogP contribution in [0.15, 0.2) is 10.7 Å². The summed E-state index contributed by atoms with van der Waals surface area (Å²) in [5, 5.41) is 6.11. The predicted molar refractivity (Wildman–Crippen MR) is 46.4 cm³/mol. The Kier molecular flexibility index (Phi) is 3.45. The normalized spacial score (nSPS) is 10.0. The van der Waals surface area contributed by atoms with E-state index in [0.717, 1.165) is 5.56 Å². The second kappa shape index (κ2) is 4.61. The molecule has 1 amide bonds. The van der Waals surface area contributed by atoms with E-state index in [2.05, 4.69) is 10.5 Å². The minimum absolute atomic E-state index is 0.137. The number of carbonyl (C=O) groups is 1. The van der Waals surface area contributed by atoms with E-state index >= 15 is 0 Å². The van der Waals surface area contributed by atoms with Crippen molar-refractivity contribution >= 4 is 11.8 Å². The molecule has 1 N–H and O–H groups in total. The van der Waals surface area contributed by atoms with Gasteiger partial charge in [-0.1, -0.05) is 5.16 Å². The molecule has 0 fully saturated rings. The Morgan fingerprint density at radius 1 is 1.77 bits per heavy atom. The van der Waals surface area contributed by atoms with Crippen LogP contribution in [0.25, 0.3) is 0 Å². The van der Waals surface area contributed by atoms with E-state index in [0.29, 0.717) is 18.9 Å². The first kappa shape index (κ1) is 9.73. The number of methoxy groups -OCH3 is 1. The molecule has 0 atom stereocenters. The molecule has 72 valence electrons. The summed E-state index contributed by atoms with van der Waals surface area (Å²) in [7, 11) is 1.55. The van der Waals surface area contributed by atoms with Gasteiger partial charge in [0.1, 0.15) is 0 Å². The number of nitrogens with one attached hydrogen (secondary N) is 1. The van der Waals surface area contributed by atoms with Crippen LogP contribution in [0.4, 0.5) is 5.88 Å². The summed E-state index contributed by atoms with van der Waals surface area (Å²) in [6.07, 6.45) is 1.86. The SMILES string of the molecule is COCCC(=O)Nc1oncc1C. The molecule has 1 heterocycles. The van der Waals surface area contributed by atoms with E-state index in [1.807, 2.05) is 6.92 Å². The topological polar surface area (TPSA) is 64.4 Å². The number of amides is 1. The van der Waals surface area contributed by atoms with Crippen LogP contribution in [-0.4, -0.2) is 24.8 Å². The van der Waals surface area contributed by atoms with Gasteiger partial charge in [-0.05, 0) is 6.92 Å². The van der Waals surface area contributed by atoms with E-state index < -0.39 is 0 Å². The molecule has 0 aliphatic carbocycles. The lowest BCUT2D eigenvalue weighted by atomic mass is 10.3. The molecule has 5 heteroatoms. The van der Waals surface area contributed by atoms with Crippen LogP contribution in [0.1, 0.15) is 12.0 Å². The number of aromatic nitrogens is 1. The van der Waals surface area contributed by atoms with Gasteiger partial charge in [-0.25, -0.2) is 0 Å². The fraction of sp³-hybridized carbons (Fsp3) is 0.500. The third kappa shape index (κ3) is 2.87. The maximum atomic E-state index is 11.1. The third-order valence-electron chi connectivity index (χ3n) is 1.53. The van der Waals surface area contributed by atoms with Crippen molar-refractivity contribution in [2.45, 2.75) is 13.3 Å². The van der Waals surface area contributed by atoms with Crippen LogP contribution in [0.5, 0.6) is 0 Å². The molecule has 0 aliphatic heterocycles. The first-order valence-corrected chi connectivity index (χ1v) is 3.94. The minimum Gasteiger partial charge on any atom is -0.384 e. The minimum atomic E-state index is -0.137. The highest BCUT2D eigenvalue weighted by atomic mass is 16.5. The van der Waals surface area contributed by atoms with Gasteiger partial charge < -0.3 is 9.26 Å². The molecular formula is C8H12N2O3. The molecule has 5 nitrogen and oxygen atoms in total. The van der Waals surface area contributed by atoms with Crippen LogP contribution < -0.4 is 5.32 Å². The second-order valence-electron chi connectivity index (χ2n) is 2.63. The van der Waals surface area contributed by atoms with Crippen molar-refractivity contribution in [1.29, 1.82) is 0 Å². The average Bonchev–Trinajstić information content (AvgIpc) is 2.48. The van der Waals surface area contributed by atoms with Gasteiger partial charge in [-0.15, -0.1) is 0 Å². The van der Waals surface area contributed by atoms with Crippen molar-refractivity contribution in [3.63, 3.8) is 0 Å². The summed E-state index contributed by atoms with van der Waals surface area (Å²) in [5.41, 5.74) is 0.811. The molecule has 0 radical (unpaired) electrons. The maximum Gasteiger partial charge on any atom is 0.234 e. The van der Waals surface area contributed by atoms with Gasteiger partial charge >= 0.3 is 0 Å². The fourth-order valence-corrected chi connectivity index (χ4v) is 0.794. The largest absolute Gasteiger partial charge is 0.384 e. The zero-order valence-corrected chi connectivity index (χ0v) is 7.66. The molecule has 0 aliphatic rings. The summed E-state index contributed by atoms with van der Waals surface area (Å²) in [5.74, 6) is 0.266. The molecule has 0 saturated carbocycles. The van der Waals surface area contributed by atoms with Gasteiger partial charge in [-0.3, -0.25) is 10.1 Å². The zero-order chi connectivity index (χ0) is 9.68. The first-order chi connectivity index (χ1) is 6.24. The van der Waals surface area contributed by atoms with Gasteiger partial charge in [0, 0.05) is 12.7 Å². The highest BCUT2D eigenvalue weighted by molar-refractivity contribution is 5.89. The Labute approximate surface area is 76.0 Å². The summed E-state index contributed by atoms with van der Waals surface area (Å²) in [6.45, 7) is 2.21. The molecule has 0 unspecified atom stereocenters. The molecule has 0 bridgehead atoms. The van der Waals surface area contributed by atoms with Crippen molar-refractivity contribution < 1.29 is 14.1 Å². The Hall–Kier alpha value is -1.36. The smallest absolute Gasteiger partial charge is 0.234 e. The Morgan fingerprint density at radius 2 is 2.54 bits per heavy atom. The number of carbonyl (C=O) groups excluding carboxylic acids is 1. The molecular weight excluding hydrogens is 172 g/mol. The maximum absolute atomic E-state index is 11.1. The number of rotatable bonds is 4. The van der Waals surface area contributed by atoms with Gasteiger partial charge in [0.2, 0.25) is 11.8 Å². The quantitative estimate of drug-likeness (QED) is 0.756. The molecule has 13 heavy (non-hydrogen) atoms. The van der Waals surface area contributed by atoms with E-state index in [4.69, 9.17) is 9.26 Å². The number of hydrogen-bond acceptors (Lipinski definition) is 4. The fourth-order valence-electron chi connectivity index (χ4n) is 0.794. The number of nitrogens with zero attached hydrogens (tertiary/aromatic N) is 1. The number of aryl methyl sites for hydroxylation is 1. The first-order valence-electron chi connectivity index (χ1n) is 3.94. The second-order valence-corrected chi connectivity index (χ2v) is 2.63. The lowest BCUT2D eigenvalue weighted by Crippen LogP contribution is -2.13. The number of ether oxygens (including phenoxy) is 1. The van der Waals surface area contributed by atoms with Crippen molar-refractivity contribution in [3.8, 4) is 0 Å². The van der Waals surface area contributed by atoms with Crippen LogP contribution >= 0.6 is 0 Å². The summed E-state index contributed by atoms with van der Waals surface area (Å²) in [6, 6.07) is 0. The third-order valence-corrected chi connectivity index (χ3v) is 1.53. The molecule has 1 rings (SSSR count). The molecule has 0 spiro atoms. The lowest BCUT2D eigenvalue weighted by molar-refractivity contribution is -0.117. The van der Waals surface area contributed by atoms with Crippen LogP contribution in [0, 0.1) is 6.92 Å². The van der Waals surface area contributed by atoms with Crippen LogP contribution in [0.3, 0.4) is 0 Å². The Morgan fingerprint density at radius 3 is 3.08 bits per heavy atom. The van der Waals surface area contributed by atoms with Crippen LogP contribution in [0.2, 0.25) is 0 Å². The van der Waals surface area contributed by atoms with Gasteiger partial charge in [0.25, 0.3) is 0 Å². The van der Waals surface area contributed by atoms with Gasteiger partial charge in [0.05, 0.1) is 19.2 Å². The van der Waals surface area contributed by atoms with Crippen molar-refractivity contribution in [3.05, 3.63) is 11.8 Å². The Bertz CT molecular complexity index is 283. The lowest BCUT2D eigenvalue weighted by Gasteiger charge is -2.00.